The first kappa shape index (κ1) is 17.1. The summed E-state index contributed by atoms with van der Waals surface area (Å²) >= 11 is 0. The van der Waals surface area contributed by atoms with Crippen LogP contribution in [0.25, 0.3) is 10.9 Å². The number of amides is 1. The normalized spacial score (nSPS) is 14.6. The van der Waals surface area contributed by atoms with E-state index < -0.39 is 4.92 Å². The molecule has 0 bridgehead atoms. The number of aryl methyl sites for hydroxylation is 1. The number of fused-ring (bicyclic) bond motifs is 1. The van der Waals surface area contributed by atoms with Gasteiger partial charge in [-0.2, -0.15) is 0 Å². The first-order valence-corrected chi connectivity index (χ1v) is 8.89. The molecule has 4 rings (SSSR count). The number of H-pyrrole nitrogens is 1. The van der Waals surface area contributed by atoms with Gasteiger partial charge < -0.3 is 14.8 Å². The molecule has 1 saturated heterocycles. The maximum atomic E-state index is 12.8. The van der Waals surface area contributed by atoms with Crippen LogP contribution in [0.3, 0.4) is 0 Å². The molecule has 0 unspecified atom stereocenters. The Kier molecular flexibility index (Phi) is 4.27. The third-order valence-electron chi connectivity index (χ3n) is 5.00. The van der Waals surface area contributed by atoms with Crippen LogP contribution in [-0.4, -0.2) is 46.9 Å². The predicted molar refractivity (Wildman–Crippen MR) is 104 cm³/mol. The Hall–Kier alpha value is -3.35. The van der Waals surface area contributed by atoms with Crippen LogP contribution >= 0.6 is 0 Å². The van der Waals surface area contributed by atoms with Gasteiger partial charge in [-0.15, -0.1) is 0 Å². The third-order valence-corrected chi connectivity index (χ3v) is 5.00. The predicted octanol–water partition coefficient (Wildman–Crippen LogP) is 3.35. The van der Waals surface area contributed by atoms with Gasteiger partial charge in [0.15, 0.2) is 0 Å². The number of carbonyl (C=O) groups is 1. The minimum Gasteiger partial charge on any atom is -0.368 e. The topological polar surface area (TPSA) is 82.5 Å². The van der Waals surface area contributed by atoms with Gasteiger partial charge in [0.05, 0.1) is 4.92 Å². The van der Waals surface area contributed by atoms with Crippen LogP contribution in [0.15, 0.2) is 48.5 Å². The van der Waals surface area contributed by atoms with Gasteiger partial charge in [-0.1, -0.05) is 12.1 Å². The highest BCUT2D eigenvalue weighted by molar-refractivity contribution is 5.98. The van der Waals surface area contributed by atoms with Gasteiger partial charge in [-0.25, -0.2) is 0 Å². The molecule has 7 nitrogen and oxygen atoms in total. The number of anilines is 1. The summed E-state index contributed by atoms with van der Waals surface area (Å²) in [6, 6.07) is 14.5. The van der Waals surface area contributed by atoms with E-state index in [2.05, 4.69) is 9.88 Å². The molecule has 0 atom stereocenters. The van der Waals surface area contributed by atoms with E-state index in [-0.39, 0.29) is 11.6 Å². The van der Waals surface area contributed by atoms with Crippen molar-refractivity contribution in [1.29, 1.82) is 0 Å². The van der Waals surface area contributed by atoms with Crippen molar-refractivity contribution in [1.82, 2.24) is 9.88 Å². The number of nitro groups is 1. The van der Waals surface area contributed by atoms with Gasteiger partial charge in [-0.3, -0.25) is 14.9 Å². The highest BCUT2D eigenvalue weighted by atomic mass is 16.6. The summed E-state index contributed by atoms with van der Waals surface area (Å²) in [5, 5.41) is 11.8. The standard InChI is InChI=1S/C20H20N4O3/c1-14-2-3-15-13-19(21-18(15)12-14)20(25)23-10-8-22(9-11-23)16-4-6-17(7-5-16)24(26)27/h2-7,12-13,21H,8-11H2,1H3. The number of aromatic amines is 1. The molecule has 1 aromatic heterocycles. The lowest BCUT2D eigenvalue weighted by molar-refractivity contribution is -0.384. The summed E-state index contributed by atoms with van der Waals surface area (Å²) < 4.78 is 0. The Morgan fingerprint density at radius 1 is 1.04 bits per heavy atom. The van der Waals surface area contributed by atoms with E-state index in [0.29, 0.717) is 31.9 Å². The van der Waals surface area contributed by atoms with E-state index >= 15 is 0 Å². The van der Waals surface area contributed by atoms with E-state index in [0.717, 1.165) is 22.2 Å². The molecule has 1 N–H and O–H groups in total. The zero-order chi connectivity index (χ0) is 19.0. The molecule has 0 saturated carbocycles. The zero-order valence-electron chi connectivity index (χ0n) is 15.0. The van der Waals surface area contributed by atoms with Crippen LogP contribution in [0, 0.1) is 17.0 Å². The molecule has 1 aliphatic heterocycles. The van der Waals surface area contributed by atoms with Gasteiger partial charge in [0.1, 0.15) is 5.69 Å². The maximum Gasteiger partial charge on any atom is 0.270 e. The van der Waals surface area contributed by atoms with Crippen molar-refractivity contribution in [3.05, 3.63) is 69.9 Å². The average molecular weight is 364 g/mol. The number of rotatable bonds is 3. The van der Waals surface area contributed by atoms with Crippen LogP contribution in [0.5, 0.6) is 0 Å². The van der Waals surface area contributed by atoms with Crippen LogP contribution in [0.2, 0.25) is 0 Å². The van der Waals surface area contributed by atoms with Gasteiger partial charge in [0.2, 0.25) is 0 Å². The van der Waals surface area contributed by atoms with Crippen molar-refractivity contribution in [3.8, 4) is 0 Å². The largest absolute Gasteiger partial charge is 0.368 e. The SMILES string of the molecule is Cc1ccc2cc(C(=O)N3CCN(c4ccc([N+](=O)[O-])cc4)CC3)[nH]c2c1. The van der Waals surface area contributed by atoms with Crippen molar-refractivity contribution in [3.63, 3.8) is 0 Å². The fourth-order valence-electron chi connectivity index (χ4n) is 3.48. The molecule has 0 spiro atoms. The summed E-state index contributed by atoms with van der Waals surface area (Å²) in [4.78, 5) is 30.4. The molecule has 1 fully saturated rings. The van der Waals surface area contributed by atoms with Crippen molar-refractivity contribution in [2.75, 3.05) is 31.1 Å². The van der Waals surface area contributed by atoms with Crippen LogP contribution < -0.4 is 4.90 Å². The summed E-state index contributed by atoms with van der Waals surface area (Å²) in [5.74, 6) is 0.00667. The summed E-state index contributed by atoms with van der Waals surface area (Å²) in [6.45, 7) is 4.65. The number of hydrogen-bond donors (Lipinski definition) is 1. The molecule has 7 heteroatoms. The summed E-state index contributed by atoms with van der Waals surface area (Å²) in [6.07, 6.45) is 0. The monoisotopic (exact) mass is 364 g/mol. The number of piperazine rings is 1. The number of aromatic nitrogens is 1. The van der Waals surface area contributed by atoms with E-state index in [1.165, 1.54) is 12.1 Å². The van der Waals surface area contributed by atoms with Crippen molar-refractivity contribution < 1.29 is 9.72 Å². The molecule has 0 radical (unpaired) electrons. The molecule has 27 heavy (non-hydrogen) atoms. The first-order valence-electron chi connectivity index (χ1n) is 8.89. The van der Waals surface area contributed by atoms with E-state index in [9.17, 15) is 14.9 Å². The molecule has 0 aliphatic carbocycles. The quantitative estimate of drug-likeness (QED) is 0.571. The Balaban J connectivity index is 1.43. The van der Waals surface area contributed by atoms with Gasteiger partial charge >= 0.3 is 0 Å². The zero-order valence-corrected chi connectivity index (χ0v) is 15.0. The molecule has 2 aromatic carbocycles. The lowest BCUT2D eigenvalue weighted by atomic mass is 10.2. The summed E-state index contributed by atoms with van der Waals surface area (Å²) in [7, 11) is 0. The molecular weight excluding hydrogens is 344 g/mol. The van der Waals surface area contributed by atoms with Gasteiger partial charge in [0.25, 0.3) is 11.6 Å². The van der Waals surface area contributed by atoms with Crippen LogP contribution in [0.4, 0.5) is 11.4 Å². The number of carbonyl (C=O) groups excluding carboxylic acids is 1. The second kappa shape index (κ2) is 6.75. The number of hydrogen-bond acceptors (Lipinski definition) is 4. The second-order valence-electron chi connectivity index (χ2n) is 6.83. The number of benzene rings is 2. The van der Waals surface area contributed by atoms with Gasteiger partial charge in [-0.05, 0) is 36.8 Å². The van der Waals surface area contributed by atoms with Crippen molar-refractivity contribution in [2.45, 2.75) is 6.92 Å². The van der Waals surface area contributed by atoms with Gasteiger partial charge in [0, 0.05) is 54.9 Å². The lowest BCUT2D eigenvalue weighted by Gasteiger charge is -2.35. The average Bonchev–Trinajstić information content (AvgIpc) is 3.11. The van der Waals surface area contributed by atoms with E-state index in [1.54, 1.807) is 12.1 Å². The Morgan fingerprint density at radius 3 is 2.41 bits per heavy atom. The molecule has 1 amide bonds. The molecule has 2 heterocycles. The van der Waals surface area contributed by atoms with Crippen LogP contribution in [-0.2, 0) is 0 Å². The summed E-state index contributed by atoms with van der Waals surface area (Å²) in [5.41, 5.74) is 3.76. The van der Waals surface area contributed by atoms with Crippen LogP contribution in [0.1, 0.15) is 16.1 Å². The van der Waals surface area contributed by atoms with Crippen molar-refractivity contribution in [2.24, 2.45) is 0 Å². The maximum absolute atomic E-state index is 12.8. The third kappa shape index (κ3) is 3.36. The number of non-ortho nitro benzene ring substituents is 1. The fourth-order valence-corrected chi connectivity index (χ4v) is 3.48. The van der Waals surface area contributed by atoms with E-state index in [1.807, 2.05) is 36.1 Å². The Labute approximate surface area is 156 Å². The minimum atomic E-state index is -0.401. The fraction of sp³-hybridized carbons (Fsp3) is 0.250. The smallest absolute Gasteiger partial charge is 0.270 e. The minimum absolute atomic E-state index is 0.00667. The molecule has 1 aliphatic rings. The number of nitrogens with zero attached hydrogens (tertiary/aromatic N) is 3. The number of nitrogens with one attached hydrogen (secondary N) is 1. The molecule has 138 valence electrons. The lowest BCUT2D eigenvalue weighted by Crippen LogP contribution is -2.48. The highest BCUT2D eigenvalue weighted by Gasteiger charge is 2.23. The number of nitro benzene ring substituents is 1. The molecule has 3 aromatic rings. The second-order valence-corrected chi connectivity index (χ2v) is 6.83. The Bertz CT molecular complexity index is 1000. The molecular formula is C20H20N4O3. The van der Waals surface area contributed by atoms with E-state index in [4.69, 9.17) is 0 Å². The highest BCUT2D eigenvalue weighted by Crippen LogP contribution is 2.22. The Morgan fingerprint density at radius 2 is 1.74 bits per heavy atom. The van der Waals surface area contributed by atoms with Crippen molar-refractivity contribution >= 4 is 28.2 Å². The first-order chi connectivity index (χ1) is 13.0.